The van der Waals surface area contributed by atoms with Gasteiger partial charge >= 0.3 is 6.03 Å². The van der Waals surface area contributed by atoms with E-state index >= 15 is 0 Å². The van der Waals surface area contributed by atoms with E-state index < -0.39 is 30.1 Å². The quantitative estimate of drug-likeness (QED) is 0.405. The van der Waals surface area contributed by atoms with Gasteiger partial charge in [-0.3, -0.25) is 9.59 Å². The molecule has 3 N–H and O–H groups in total. The van der Waals surface area contributed by atoms with Gasteiger partial charge in [0.2, 0.25) is 0 Å². The Morgan fingerprint density at radius 1 is 1.16 bits per heavy atom. The first kappa shape index (κ1) is 29.0. The predicted molar refractivity (Wildman–Crippen MR) is 151 cm³/mol. The van der Waals surface area contributed by atoms with Gasteiger partial charge in [0, 0.05) is 13.1 Å². The number of hydrogen-bond donors (Lipinski definition) is 3. The van der Waals surface area contributed by atoms with Gasteiger partial charge in [0.15, 0.2) is 6.10 Å². The standard InChI is InChI=1S/C29H36N4O4S/c1-5-16-30-29(37)31-24(17-22-13-8-7-9-14-22)26(34)28(36)33-19-38-21(4)32(27(35)25(33)6-2)18-23-15-11-10-12-20(23)3/h5-15,21,24-26,34H,1-2,16-19H2,3-4H3,(H2,30,31,37)/t21?,24?,25-,26-/m0/s1. The maximum Gasteiger partial charge on any atom is 0.315 e. The van der Waals surface area contributed by atoms with Gasteiger partial charge in [-0.05, 0) is 37.0 Å². The lowest BCUT2D eigenvalue weighted by atomic mass is 9.99. The molecule has 2 aromatic rings. The zero-order valence-electron chi connectivity index (χ0n) is 21.9. The average molecular weight is 537 g/mol. The molecule has 1 fully saturated rings. The molecule has 0 saturated carbocycles. The Balaban J connectivity index is 1.83. The van der Waals surface area contributed by atoms with Crippen LogP contribution in [0.5, 0.6) is 0 Å². The lowest BCUT2D eigenvalue weighted by molar-refractivity contribution is -0.148. The van der Waals surface area contributed by atoms with E-state index in [4.69, 9.17) is 0 Å². The predicted octanol–water partition coefficient (Wildman–Crippen LogP) is 3.21. The molecule has 0 radical (unpaired) electrons. The molecule has 202 valence electrons. The zero-order chi connectivity index (χ0) is 27.7. The fourth-order valence-electron chi connectivity index (χ4n) is 4.28. The highest BCUT2D eigenvalue weighted by atomic mass is 32.2. The van der Waals surface area contributed by atoms with Crippen LogP contribution in [0, 0.1) is 6.92 Å². The van der Waals surface area contributed by atoms with Crippen LogP contribution < -0.4 is 10.6 Å². The van der Waals surface area contributed by atoms with Crippen LogP contribution in [0.3, 0.4) is 0 Å². The number of nitrogens with one attached hydrogen (secondary N) is 2. The van der Waals surface area contributed by atoms with Crippen LogP contribution in [0.1, 0.15) is 23.6 Å². The van der Waals surface area contributed by atoms with Crippen molar-refractivity contribution in [3.05, 3.63) is 96.6 Å². The van der Waals surface area contributed by atoms with Gasteiger partial charge in [-0.2, -0.15) is 0 Å². The summed E-state index contributed by atoms with van der Waals surface area (Å²) in [6.07, 6.45) is 1.61. The Bertz CT molecular complexity index is 1140. The van der Waals surface area contributed by atoms with Gasteiger partial charge in [0.25, 0.3) is 11.8 Å². The molecular formula is C29H36N4O4S. The summed E-state index contributed by atoms with van der Waals surface area (Å²) in [6.45, 7) is 12.0. The summed E-state index contributed by atoms with van der Waals surface area (Å²) < 4.78 is 0. The Hall–Kier alpha value is -3.56. The summed E-state index contributed by atoms with van der Waals surface area (Å²) in [5.41, 5.74) is 2.94. The van der Waals surface area contributed by atoms with Crippen molar-refractivity contribution < 1.29 is 19.5 Å². The summed E-state index contributed by atoms with van der Waals surface area (Å²) in [5, 5.41) is 16.4. The molecule has 4 amide bonds. The fourth-order valence-corrected chi connectivity index (χ4v) is 5.31. The minimum atomic E-state index is -1.58. The van der Waals surface area contributed by atoms with Gasteiger partial charge < -0.3 is 25.5 Å². The molecular weight excluding hydrogens is 500 g/mol. The van der Waals surface area contributed by atoms with Crippen LogP contribution in [-0.2, 0) is 22.6 Å². The third-order valence-electron chi connectivity index (χ3n) is 6.53. The smallest absolute Gasteiger partial charge is 0.315 e. The maximum atomic E-state index is 13.7. The van der Waals surface area contributed by atoms with Gasteiger partial charge in [0.1, 0.15) is 6.04 Å². The summed E-state index contributed by atoms with van der Waals surface area (Å²) in [5.74, 6) is -0.729. The second-order valence-electron chi connectivity index (χ2n) is 9.16. The highest BCUT2D eigenvalue weighted by Gasteiger charge is 2.40. The number of benzene rings is 2. The van der Waals surface area contributed by atoms with Crippen LogP contribution in [0.15, 0.2) is 79.9 Å². The summed E-state index contributed by atoms with van der Waals surface area (Å²) in [4.78, 5) is 42.9. The minimum absolute atomic E-state index is 0.185. The van der Waals surface area contributed by atoms with E-state index in [0.29, 0.717) is 6.54 Å². The van der Waals surface area contributed by atoms with Crippen molar-refractivity contribution in [2.24, 2.45) is 0 Å². The first-order chi connectivity index (χ1) is 18.3. The molecule has 2 aromatic carbocycles. The Morgan fingerprint density at radius 3 is 2.50 bits per heavy atom. The highest BCUT2D eigenvalue weighted by Crippen LogP contribution is 2.28. The topological polar surface area (TPSA) is 102 Å². The van der Waals surface area contributed by atoms with E-state index in [-0.39, 0.29) is 30.1 Å². The molecule has 38 heavy (non-hydrogen) atoms. The van der Waals surface area contributed by atoms with Crippen molar-refractivity contribution in [3.8, 4) is 0 Å². The van der Waals surface area contributed by atoms with Crippen molar-refractivity contribution in [1.82, 2.24) is 20.4 Å². The number of hydrogen-bond acceptors (Lipinski definition) is 5. The number of rotatable bonds is 10. The van der Waals surface area contributed by atoms with Crippen LogP contribution in [-0.4, -0.2) is 68.7 Å². The van der Waals surface area contributed by atoms with Crippen molar-refractivity contribution in [2.45, 2.75) is 50.4 Å². The normalized spacial score (nSPS) is 19.2. The molecule has 0 spiro atoms. The van der Waals surface area contributed by atoms with E-state index in [1.165, 1.54) is 28.8 Å². The monoisotopic (exact) mass is 536 g/mol. The number of carbonyl (C=O) groups excluding carboxylic acids is 3. The summed E-state index contributed by atoms with van der Waals surface area (Å²) >= 11 is 1.43. The zero-order valence-corrected chi connectivity index (χ0v) is 22.7. The van der Waals surface area contributed by atoms with Crippen molar-refractivity contribution in [3.63, 3.8) is 0 Å². The molecule has 4 atom stereocenters. The SMILES string of the molecule is C=CCNC(=O)NC(Cc1ccccc1)[C@H](O)C(=O)N1CSC(C)N(Cc2ccccc2C)C(=O)[C@@H]1C=C. The van der Waals surface area contributed by atoms with E-state index in [1.807, 2.05) is 68.4 Å². The number of aliphatic hydroxyl groups excluding tert-OH is 1. The van der Waals surface area contributed by atoms with Crippen molar-refractivity contribution >= 4 is 29.6 Å². The van der Waals surface area contributed by atoms with Gasteiger partial charge in [-0.15, -0.1) is 24.9 Å². The molecule has 0 aromatic heterocycles. The number of nitrogens with zero attached hydrogens (tertiary/aromatic N) is 2. The van der Waals surface area contributed by atoms with Crippen LogP contribution in [0.25, 0.3) is 0 Å². The number of aliphatic hydroxyl groups is 1. The Labute approximate surface area is 228 Å². The van der Waals surface area contributed by atoms with E-state index in [9.17, 15) is 19.5 Å². The molecule has 1 aliphatic heterocycles. The van der Waals surface area contributed by atoms with Crippen LogP contribution in [0.4, 0.5) is 4.79 Å². The average Bonchev–Trinajstić information content (AvgIpc) is 3.03. The largest absolute Gasteiger partial charge is 0.381 e. The number of aryl methyl sites for hydroxylation is 1. The number of thioether (sulfide) groups is 1. The van der Waals surface area contributed by atoms with E-state index in [2.05, 4.69) is 23.8 Å². The first-order valence-electron chi connectivity index (χ1n) is 12.5. The van der Waals surface area contributed by atoms with Gasteiger partial charge in [-0.1, -0.05) is 66.7 Å². The number of urea groups is 1. The maximum absolute atomic E-state index is 13.7. The molecule has 2 unspecified atom stereocenters. The molecule has 0 bridgehead atoms. The lowest BCUT2D eigenvalue weighted by Crippen LogP contribution is -2.57. The fraction of sp³-hybridized carbons (Fsp3) is 0.345. The van der Waals surface area contributed by atoms with Gasteiger partial charge in [0.05, 0.1) is 17.3 Å². The second-order valence-corrected chi connectivity index (χ2v) is 10.4. The molecule has 1 saturated heterocycles. The number of amides is 4. The Morgan fingerprint density at radius 2 is 1.84 bits per heavy atom. The van der Waals surface area contributed by atoms with Crippen LogP contribution in [0.2, 0.25) is 0 Å². The summed E-state index contributed by atoms with van der Waals surface area (Å²) in [7, 11) is 0. The highest BCUT2D eigenvalue weighted by molar-refractivity contribution is 7.99. The summed E-state index contributed by atoms with van der Waals surface area (Å²) in [6, 6.07) is 14.7. The minimum Gasteiger partial charge on any atom is -0.381 e. The van der Waals surface area contributed by atoms with E-state index in [1.54, 1.807) is 4.90 Å². The molecule has 1 aliphatic rings. The second kappa shape index (κ2) is 13.8. The molecule has 9 heteroatoms. The van der Waals surface area contributed by atoms with E-state index in [0.717, 1.165) is 16.7 Å². The molecule has 3 rings (SSSR count). The van der Waals surface area contributed by atoms with Crippen molar-refractivity contribution in [2.75, 3.05) is 12.4 Å². The lowest BCUT2D eigenvalue weighted by Gasteiger charge is -2.32. The van der Waals surface area contributed by atoms with Crippen LogP contribution >= 0.6 is 11.8 Å². The molecule has 1 heterocycles. The first-order valence-corrected chi connectivity index (χ1v) is 13.6. The number of carbonyl (C=O) groups is 3. The Kier molecular flexibility index (Phi) is 10.6. The molecule has 8 nitrogen and oxygen atoms in total. The van der Waals surface area contributed by atoms with Gasteiger partial charge in [-0.25, -0.2) is 4.79 Å². The molecule has 0 aliphatic carbocycles. The third kappa shape index (κ3) is 7.26. The van der Waals surface area contributed by atoms with Crippen molar-refractivity contribution in [1.29, 1.82) is 0 Å². The third-order valence-corrected chi connectivity index (χ3v) is 7.69.